The molecule has 0 aliphatic rings. The van der Waals surface area contributed by atoms with Gasteiger partial charge in [0, 0.05) is 17.6 Å². The Morgan fingerprint density at radius 2 is 2.18 bits per heavy atom. The zero-order valence-corrected chi connectivity index (χ0v) is 9.94. The van der Waals surface area contributed by atoms with E-state index in [-0.39, 0.29) is 11.4 Å². The molecule has 0 aromatic carbocycles. The minimum absolute atomic E-state index is 0.0447. The SMILES string of the molecule is CCCN(CC(F)(F)F)c1csc(C(=O)O)c1. The van der Waals surface area contributed by atoms with E-state index in [1.54, 1.807) is 6.92 Å². The minimum Gasteiger partial charge on any atom is -0.477 e. The number of carbonyl (C=O) groups is 1. The molecule has 0 radical (unpaired) electrons. The van der Waals surface area contributed by atoms with Gasteiger partial charge in [-0.25, -0.2) is 4.79 Å². The van der Waals surface area contributed by atoms with E-state index < -0.39 is 18.7 Å². The van der Waals surface area contributed by atoms with Gasteiger partial charge in [0.1, 0.15) is 11.4 Å². The maximum Gasteiger partial charge on any atom is 0.405 e. The van der Waals surface area contributed by atoms with Gasteiger partial charge in [-0.2, -0.15) is 13.2 Å². The van der Waals surface area contributed by atoms with Crippen molar-refractivity contribution in [1.82, 2.24) is 0 Å². The van der Waals surface area contributed by atoms with Crippen LogP contribution >= 0.6 is 11.3 Å². The van der Waals surface area contributed by atoms with E-state index in [2.05, 4.69) is 0 Å². The van der Waals surface area contributed by atoms with Crippen molar-refractivity contribution >= 4 is 23.0 Å². The van der Waals surface area contributed by atoms with Crippen LogP contribution in [-0.4, -0.2) is 30.3 Å². The van der Waals surface area contributed by atoms with Crippen LogP contribution in [0.4, 0.5) is 18.9 Å². The molecule has 1 rings (SSSR count). The summed E-state index contributed by atoms with van der Waals surface area (Å²) in [6.45, 7) is 0.958. The van der Waals surface area contributed by atoms with Crippen LogP contribution in [0.5, 0.6) is 0 Å². The third kappa shape index (κ3) is 4.26. The second kappa shape index (κ2) is 5.39. The first-order valence-corrected chi connectivity index (χ1v) is 5.85. The lowest BCUT2D eigenvalue weighted by Gasteiger charge is -2.24. The first-order chi connectivity index (χ1) is 7.83. The number of nitrogens with zero attached hydrogens (tertiary/aromatic N) is 1. The van der Waals surface area contributed by atoms with Crippen molar-refractivity contribution < 1.29 is 23.1 Å². The first-order valence-electron chi connectivity index (χ1n) is 4.97. The summed E-state index contributed by atoms with van der Waals surface area (Å²) in [5.41, 5.74) is 0.312. The summed E-state index contributed by atoms with van der Waals surface area (Å²) in [6.07, 6.45) is -3.73. The molecule has 0 amide bonds. The predicted molar refractivity (Wildman–Crippen MR) is 59.8 cm³/mol. The van der Waals surface area contributed by atoms with Gasteiger partial charge in [-0.3, -0.25) is 0 Å². The Balaban J connectivity index is 2.85. The van der Waals surface area contributed by atoms with Gasteiger partial charge in [0.05, 0.1) is 0 Å². The number of carboxylic acids is 1. The normalized spacial score (nSPS) is 11.5. The second-order valence-electron chi connectivity index (χ2n) is 3.51. The summed E-state index contributed by atoms with van der Waals surface area (Å²) in [5.74, 6) is -1.12. The van der Waals surface area contributed by atoms with Crippen LogP contribution in [0.2, 0.25) is 0 Å². The number of hydrogen-bond acceptors (Lipinski definition) is 3. The molecule has 0 fully saturated rings. The van der Waals surface area contributed by atoms with Crippen LogP contribution in [0.25, 0.3) is 0 Å². The third-order valence-corrected chi connectivity index (χ3v) is 2.93. The predicted octanol–water partition coefficient (Wildman–Crippen LogP) is 3.23. The van der Waals surface area contributed by atoms with E-state index in [1.807, 2.05) is 0 Å². The Labute approximate surface area is 100 Å². The molecule has 0 unspecified atom stereocenters. The molecule has 1 N–H and O–H groups in total. The Kier molecular flexibility index (Phi) is 4.39. The van der Waals surface area contributed by atoms with E-state index >= 15 is 0 Å². The van der Waals surface area contributed by atoms with Gasteiger partial charge in [-0.05, 0) is 12.5 Å². The fraction of sp³-hybridized carbons (Fsp3) is 0.500. The molecule has 0 bridgehead atoms. The molecular weight excluding hydrogens is 255 g/mol. The van der Waals surface area contributed by atoms with Gasteiger partial charge in [-0.1, -0.05) is 6.92 Å². The number of hydrogen-bond donors (Lipinski definition) is 1. The lowest BCUT2D eigenvalue weighted by Crippen LogP contribution is -2.34. The molecule has 17 heavy (non-hydrogen) atoms. The van der Waals surface area contributed by atoms with Crippen molar-refractivity contribution in [3.05, 3.63) is 16.3 Å². The van der Waals surface area contributed by atoms with E-state index in [1.165, 1.54) is 11.4 Å². The zero-order valence-electron chi connectivity index (χ0n) is 9.12. The van der Waals surface area contributed by atoms with Gasteiger partial charge in [0.25, 0.3) is 0 Å². The molecule has 0 aliphatic carbocycles. The zero-order chi connectivity index (χ0) is 13.1. The van der Waals surface area contributed by atoms with Gasteiger partial charge in [-0.15, -0.1) is 11.3 Å². The fourth-order valence-electron chi connectivity index (χ4n) is 1.39. The highest BCUT2D eigenvalue weighted by Crippen LogP contribution is 2.27. The molecule has 3 nitrogen and oxygen atoms in total. The summed E-state index contributed by atoms with van der Waals surface area (Å²) in [7, 11) is 0. The number of alkyl halides is 3. The summed E-state index contributed by atoms with van der Waals surface area (Å²) in [4.78, 5) is 11.8. The number of rotatable bonds is 5. The lowest BCUT2D eigenvalue weighted by atomic mass is 10.3. The van der Waals surface area contributed by atoms with E-state index in [9.17, 15) is 18.0 Å². The van der Waals surface area contributed by atoms with Crippen molar-refractivity contribution in [2.45, 2.75) is 19.5 Å². The Morgan fingerprint density at radius 3 is 2.59 bits per heavy atom. The maximum atomic E-state index is 12.3. The van der Waals surface area contributed by atoms with Crippen molar-refractivity contribution in [2.75, 3.05) is 18.0 Å². The van der Waals surface area contributed by atoms with Crippen molar-refractivity contribution in [2.24, 2.45) is 0 Å². The second-order valence-corrected chi connectivity index (χ2v) is 4.42. The highest BCUT2D eigenvalue weighted by atomic mass is 32.1. The first kappa shape index (κ1) is 13.8. The highest BCUT2D eigenvalue weighted by Gasteiger charge is 2.31. The Morgan fingerprint density at radius 1 is 1.53 bits per heavy atom. The van der Waals surface area contributed by atoms with Crippen LogP contribution in [0.1, 0.15) is 23.0 Å². The molecule has 1 aromatic rings. The van der Waals surface area contributed by atoms with E-state index in [0.717, 1.165) is 16.2 Å². The smallest absolute Gasteiger partial charge is 0.405 e. The maximum absolute atomic E-state index is 12.3. The quantitative estimate of drug-likeness (QED) is 0.890. The number of halogens is 3. The van der Waals surface area contributed by atoms with Crippen LogP contribution in [0, 0.1) is 0 Å². The average molecular weight is 267 g/mol. The number of anilines is 1. The summed E-state index contributed by atoms with van der Waals surface area (Å²) >= 11 is 0.929. The average Bonchev–Trinajstić information content (AvgIpc) is 2.63. The van der Waals surface area contributed by atoms with E-state index in [0.29, 0.717) is 12.1 Å². The molecule has 0 spiro atoms. The highest BCUT2D eigenvalue weighted by molar-refractivity contribution is 7.12. The topological polar surface area (TPSA) is 40.5 Å². The van der Waals surface area contributed by atoms with Gasteiger partial charge < -0.3 is 10.0 Å². The molecular formula is C10H12F3NO2S. The number of carboxylic acid groups (broad SMARTS) is 1. The van der Waals surface area contributed by atoms with Crippen molar-refractivity contribution in [3.8, 4) is 0 Å². The summed E-state index contributed by atoms with van der Waals surface area (Å²) in [6, 6.07) is 1.27. The molecule has 1 aromatic heterocycles. The standard InChI is InChI=1S/C10H12F3NO2S/c1-2-3-14(6-10(11,12)13)7-4-8(9(15)16)17-5-7/h4-5H,2-3,6H2,1H3,(H,15,16). The van der Waals surface area contributed by atoms with Gasteiger partial charge in [0.2, 0.25) is 0 Å². The van der Waals surface area contributed by atoms with E-state index in [4.69, 9.17) is 5.11 Å². The van der Waals surface area contributed by atoms with Crippen molar-refractivity contribution in [3.63, 3.8) is 0 Å². The molecule has 96 valence electrons. The van der Waals surface area contributed by atoms with Crippen LogP contribution in [0.15, 0.2) is 11.4 Å². The summed E-state index contributed by atoms with van der Waals surface area (Å²) in [5, 5.41) is 10.1. The van der Waals surface area contributed by atoms with Gasteiger partial charge in [0.15, 0.2) is 0 Å². The molecule has 1 heterocycles. The fourth-order valence-corrected chi connectivity index (χ4v) is 2.14. The van der Waals surface area contributed by atoms with Crippen LogP contribution in [-0.2, 0) is 0 Å². The largest absolute Gasteiger partial charge is 0.477 e. The van der Waals surface area contributed by atoms with Crippen molar-refractivity contribution in [1.29, 1.82) is 0 Å². The monoisotopic (exact) mass is 267 g/mol. The van der Waals surface area contributed by atoms with Crippen LogP contribution < -0.4 is 4.90 Å². The molecule has 7 heteroatoms. The number of thiophene rings is 1. The van der Waals surface area contributed by atoms with Crippen LogP contribution in [0.3, 0.4) is 0 Å². The summed E-state index contributed by atoms with van der Waals surface area (Å²) < 4.78 is 37.0. The molecule has 0 saturated carbocycles. The Bertz CT molecular complexity index is 389. The minimum atomic E-state index is -4.29. The van der Waals surface area contributed by atoms with Gasteiger partial charge >= 0.3 is 12.1 Å². The molecule has 0 aliphatic heterocycles. The molecule has 0 saturated heterocycles. The number of aromatic carboxylic acids is 1. The lowest BCUT2D eigenvalue weighted by molar-refractivity contribution is -0.119. The Hall–Kier alpha value is -1.24. The third-order valence-electron chi connectivity index (χ3n) is 2.03. The molecule has 0 atom stereocenters.